The third-order valence-corrected chi connectivity index (χ3v) is 6.92. The highest BCUT2D eigenvalue weighted by Crippen LogP contribution is 2.38. The Balaban J connectivity index is 0.000000448. The van der Waals surface area contributed by atoms with Gasteiger partial charge in [-0.15, -0.1) is 5.10 Å². The molecular weight excluding hydrogens is 521 g/mol. The summed E-state index contributed by atoms with van der Waals surface area (Å²) in [6, 6.07) is 5.86. The fourth-order valence-electron chi connectivity index (χ4n) is 4.76. The predicted molar refractivity (Wildman–Crippen MR) is 132 cm³/mol. The van der Waals surface area contributed by atoms with Crippen LogP contribution in [0.1, 0.15) is 41.0 Å². The van der Waals surface area contributed by atoms with E-state index in [1.807, 2.05) is 12.1 Å². The van der Waals surface area contributed by atoms with Gasteiger partial charge in [0.25, 0.3) is 5.91 Å². The van der Waals surface area contributed by atoms with Gasteiger partial charge in [-0.1, -0.05) is 12.1 Å². The molecule has 3 aliphatic rings. The highest BCUT2D eigenvalue weighted by atomic mass is 19.4. The number of aliphatic carboxylic acids is 1. The molecule has 0 spiro atoms. The minimum atomic E-state index is -5.08. The number of hydrogen-bond donors (Lipinski definition) is 3. The predicted octanol–water partition coefficient (Wildman–Crippen LogP) is 1.99. The van der Waals surface area contributed by atoms with Crippen molar-refractivity contribution >= 4 is 23.5 Å². The molecule has 1 aliphatic carbocycles. The molecule has 39 heavy (non-hydrogen) atoms. The number of alkyl halides is 3. The molecule has 1 saturated heterocycles. The first-order valence-corrected chi connectivity index (χ1v) is 12.7. The summed E-state index contributed by atoms with van der Waals surface area (Å²) in [5.41, 5.74) is 3.06. The van der Waals surface area contributed by atoms with Crippen molar-refractivity contribution < 1.29 is 37.4 Å². The molecule has 2 fully saturated rings. The summed E-state index contributed by atoms with van der Waals surface area (Å²) in [5.74, 6) is -1.98. The van der Waals surface area contributed by atoms with E-state index in [4.69, 9.17) is 14.6 Å². The maximum Gasteiger partial charge on any atom is 0.490 e. The Kier molecular flexibility index (Phi) is 8.85. The molecule has 3 N–H and O–H groups in total. The quantitative estimate of drug-likeness (QED) is 0.474. The van der Waals surface area contributed by atoms with Crippen molar-refractivity contribution in [3.05, 3.63) is 41.5 Å². The van der Waals surface area contributed by atoms with Crippen LogP contribution < -0.4 is 10.6 Å². The number of nitrogens with one attached hydrogen (secondary N) is 2. The molecule has 1 aromatic carbocycles. The third kappa shape index (κ3) is 7.53. The largest absolute Gasteiger partial charge is 0.490 e. The average Bonchev–Trinajstić information content (AvgIpc) is 3.38. The highest BCUT2D eigenvalue weighted by molar-refractivity contribution is 6.02. The molecule has 212 valence electrons. The number of anilines is 1. The minimum Gasteiger partial charge on any atom is -0.475 e. The van der Waals surface area contributed by atoms with Crippen LogP contribution in [-0.4, -0.2) is 81.1 Å². The number of ether oxygens (including phenoxy) is 1. The van der Waals surface area contributed by atoms with Crippen molar-refractivity contribution in [1.82, 2.24) is 25.0 Å². The van der Waals surface area contributed by atoms with Crippen LogP contribution in [0.2, 0.25) is 0 Å². The summed E-state index contributed by atoms with van der Waals surface area (Å²) in [5, 5.41) is 17.4. The number of benzene rings is 1. The van der Waals surface area contributed by atoms with E-state index in [-0.39, 0.29) is 23.7 Å². The summed E-state index contributed by atoms with van der Waals surface area (Å²) in [6.07, 6.45) is 0.483. The number of rotatable bonds is 7. The number of aromatic nitrogens is 3. The lowest BCUT2D eigenvalue weighted by atomic mass is 9.95. The van der Waals surface area contributed by atoms with Crippen LogP contribution in [0, 0.1) is 11.8 Å². The second-order valence-corrected chi connectivity index (χ2v) is 9.92. The van der Waals surface area contributed by atoms with Gasteiger partial charge in [0.15, 0.2) is 0 Å². The summed E-state index contributed by atoms with van der Waals surface area (Å²) in [7, 11) is 1.73. The number of nitrogens with zero attached hydrogens (tertiary/aromatic N) is 4. The van der Waals surface area contributed by atoms with Crippen molar-refractivity contribution in [2.45, 2.75) is 44.4 Å². The Morgan fingerprint density at radius 2 is 1.97 bits per heavy atom. The SMILES string of the molecule is Cn1cnc(C(=O)Nc2cccc3c2CN(C(C(=O)NCC2CCOC2)C2CC2)CC3)n1.O=C(O)C(F)(F)F. The number of hydrogen-bond acceptors (Lipinski definition) is 7. The van der Waals surface area contributed by atoms with Crippen molar-refractivity contribution in [3.8, 4) is 0 Å². The van der Waals surface area contributed by atoms with E-state index in [0.717, 1.165) is 56.7 Å². The third-order valence-electron chi connectivity index (χ3n) is 6.92. The number of carboxylic acids is 1. The van der Waals surface area contributed by atoms with Gasteiger partial charge >= 0.3 is 12.1 Å². The number of carbonyl (C=O) groups excluding carboxylic acids is 2. The maximum atomic E-state index is 13.2. The maximum absolute atomic E-state index is 13.2. The molecule has 14 heteroatoms. The molecule has 1 aromatic heterocycles. The van der Waals surface area contributed by atoms with Gasteiger partial charge in [0.05, 0.1) is 12.6 Å². The smallest absolute Gasteiger partial charge is 0.475 e. The summed E-state index contributed by atoms with van der Waals surface area (Å²) in [6.45, 7) is 3.69. The average molecular weight is 553 g/mol. The van der Waals surface area contributed by atoms with Gasteiger partial charge in [-0.05, 0) is 48.8 Å². The van der Waals surface area contributed by atoms with Gasteiger partial charge in [-0.3, -0.25) is 19.2 Å². The number of carboxylic acid groups (broad SMARTS) is 1. The summed E-state index contributed by atoms with van der Waals surface area (Å²) < 4.78 is 38.7. The second kappa shape index (κ2) is 12.1. The lowest BCUT2D eigenvalue weighted by molar-refractivity contribution is -0.192. The molecule has 2 atom stereocenters. The Morgan fingerprint density at radius 3 is 2.56 bits per heavy atom. The van der Waals surface area contributed by atoms with E-state index in [9.17, 15) is 22.8 Å². The zero-order valence-electron chi connectivity index (χ0n) is 21.4. The standard InChI is InChI=1S/C23H30N6O3.C2HF3O2/c1-28-14-25-21(27-28)23(31)26-19-4-2-3-16-7-9-29(12-18(16)19)20(17-5-6-17)22(30)24-11-15-8-10-32-13-15;3-2(4,5)1(6)7/h2-4,14-15,17,20H,5-13H2,1H3,(H,24,30)(H,26,31);(H,6,7). The van der Waals surface area contributed by atoms with Crippen LogP contribution in [0.15, 0.2) is 24.5 Å². The zero-order valence-corrected chi connectivity index (χ0v) is 21.4. The van der Waals surface area contributed by atoms with Crippen LogP contribution in [-0.2, 0) is 34.3 Å². The minimum absolute atomic E-state index is 0.119. The Labute approximate surface area is 222 Å². The Bertz CT molecular complexity index is 1190. The van der Waals surface area contributed by atoms with E-state index in [1.165, 1.54) is 16.6 Å². The van der Waals surface area contributed by atoms with E-state index in [0.29, 0.717) is 24.9 Å². The van der Waals surface area contributed by atoms with Gasteiger partial charge in [0.2, 0.25) is 11.7 Å². The van der Waals surface area contributed by atoms with Crippen molar-refractivity contribution in [3.63, 3.8) is 0 Å². The number of fused-ring (bicyclic) bond motifs is 1. The van der Waals surface area contributed by atoms with Crippen LogP contribution >= 0.6 is 0 Å². The first kappa shape index (κ1) is 28.5. The molecule has 3 heterocycles. The molecular formula is C25H31F3N6O5. The molecule has 2 aliphatic heterocycles. The van der Waals surface area contributed by atoms with Gasteiger partial charge in [-0.25, -0.2) is 9.78 Å². The Hall–Kier alpha value is -3.52. The number of halogens is 3. The highest BCUT2D eigenvalue weighted by Gasteiger charge is 2.41. The summed E-state index contributed by atoms with van der Waals surface area (Å²) in [4.78, 5) is 41.0. The van der Waals surface area contributed by atoms with E-state index < -0.39 is 12.1 Å². The molecule has 0 radical (unpaired) electrons. The topological polar surface area (TPSA) is 139 Å². The number of aryl methyl sites for hydroxylation is 1. The van der Waals surface area contributed by atoms with E-state index in [1.54, 1.807) is 7.05 Å². The molecule has 2 aromatic rings. The fraction of sp³-hybridized carbons (Fsp3) is 0.560. The van der Waals surface area contributed by atoms with Crippen molar-refractivity contribution in [2.75, 3.05) is 31.6 Å². The van der Waals surface area contributed by atoms with Gasteiger partial charge in [0, 0.05) is 44.9 Å². The van der Waals surface area contributed by atoms with Crippen LogP contribution in [0.4, 0.5) is 18.9 Å². The van der Waals surface area contributed by atoms with Gasteiger partial charge in [0.1, 0.15) is 6.33 Å². The normalized spacial score (nSPS) is 19.8. The zero-order chi connectivity index (χ0) is 28.2. The van der Waals surface area contributed by atoms with Gasteiger partial charge < -0.3 is 20.5 Å². The van der Waals surface area contributed by atoms with E-state index >= 15 is 0 Å². The lowest BCUT2D eigenvalue weighted by Gasteiger charge is -2.36. The molecule has 11 nitrogen and oxygen atoms in total. The van der Waals surface area contributed by atoms with Crippen LogP contribution in [0.25, 0.3) is 0 Å². The number of carbonyl (C=O) groups is 3. The lowest BCUT2D eigenvalue weighted by Crippen LogP contribution is -2.50. The van der Waals surface area contributed by atoms with Crippen LogP contribution in [0.5, 0.6) is 0 Å². The summed E-state index contributed by atoms with van der Waals surface area (Å²) >= 11 is 0. The van der Waals surface area contributed by atoms with Crippen molar-refractivity contribution in [2.24, 2.45) is 18.9 Å². The first-order valence-electron chi connectivity index (χ1n) is 12.7. The molecule has 2 amide bonds. The Morgan fingerprint density at radius 1 is 1.23 bits per heavy atom. The first-order chi connectivity index (χ1) is 18.5. The second-order valence-electron chi connectivity index (χ2n) is 9.92. The van der Waals surface area contributed by atoms with Gasteiger partial charge in [-0.2, -0.15) is 13.2 Å². The molecule has 5 rings (SSSR count). The number of amides is 2. The van der Waals surface area contributed by atoms with Crippen LogP contribution in [0.3, 0.4) is 0 Å². The van der Waals surface area contributed by atoms with E-state index in [2.05, 4.69) is 31.7 Å². The molecule has 2 unspecified atom stereocenters. The monoisotopic (exact) mass is 552 g/mol. The van der Waals surface area contributed by atoms with Crippen molar-refractivity contribution in [1.29, 1.82) is 0 Å². The fourth-order valence-corrected chi connectivity index (χ4v) is 4.76. The molecule has 1 saturated carbocycles. The molecule has 0 bridgehead atoms.